The van der Waals surface area contributed by atoms with E-state index in [1.54, 1.807) is 28.2 Å². The second-order valence-electron chi connectivity index (χ2n) is 4.93. The van der Waals surface area contributed by atoms with Crippen LogP contribution in [0.2, 0.25) is 0 Å². The molecular formula is C13H19NO3S2. The molecule has 0 aliphatic carbocycles. The maximum atomic E-state index is 11.5. The van der Waals surface area contributed by atoms with E-state index in [0.717, 1.165) is 23.5 Å². The van der Waals surface area contributed by atoms with Crippen LogP contribution in [0.15, 0.2) is 29.2 Å². The number of hydrogen-bond donors (Lipinski definition) is 1. The first-order valence-corrected chi connectivity index (χ1v) is 9.15. The number of piperidine rings is 1. The Balaban J connectivity index is 1.87. The molecule has 0 spiro atoms. The van der Waals surface area contributed by atoms with E-state index < -0.39 is 10.0 Å². The van der Waals surface area contributed by atoms with Gasteiger partial charge in [0.25, 0.3) is 0 Å². The third-order valence-corrected chi connectivity index (χ3v) is 5.79. The number of hydrogen-bond acceptors (Lipinski definition) is 4. The monoisotopic (exact) mass is 301 g/mol. The summed E-state index contributed by atoms with van der Waals surface area (Å²) >= 11 is 1.72. The molecule has 6 heteroatoms. The van der Waals surface area contributed by atoms with E-state index in [-0.39, 0.29) is 5.75 Å². The lowest BCUT2D eigenvalue weighted by atomic mass is 10.0. The van der Waals surface area contributed by atoms with E-state index in [4.69, 9.17) is 0 Å². The fourth-order valence-electron chi connectivity index (χ4n) is 2.22. The minimum absolute atomic E-state index is 0.269. The van der Waals surface area contributed by atoms with Crippen LogP contribution < -0.4 is 0 Å². The summed E-state index contributed by atoms with van der Waals surface area (Å²) in [4.78, 5) is 1.11. The van der Waals surface area contributed by atoms with Crippen molar-refractivity contribution in [3.05, 3.63) is 24.3 Å². The molecular weight excluding hydrogens is 282 g/mol. The lowest BCUT2D eigenvalue weighted by molar-refractivity contribution is 0.286. The molecule has 1 unspecified atom stereocenters. The number of phenols is 1. The molecule has 0 radical (unpaired) electrons. The molecule has 0 aromatic heterocycles. The molecule has 0 saturated carbocycles. The molecule has 19 heavy (non-hydrogen) atoms. The number of benzene rings is 1. The van der Waals surface area contributed by atoms with Gasteiger partial charge < -0.3 is 5.11 Å². The Morgan fingerprint density at radius 2 is 2.05 bits per heavy atom. The van der Waals surface area contributed by atoms with Gasteiger partial charge >= 0.3 is 0 Å². The van der Waals surface area contributed by atoms with Crippen molar-refractivity contribution in [3.63, 3.8) is 0 Å². The predicted octanol–water partition coefficient (Wildman–Crippen LogP) is 2.16. The molecule has 1 fully saturated rings. The Bertz CT molecular complexity index is 513. The summed E-state index contributed by atoms with van der Waals surface area (Å²) in [6.07, 6.45) is 3.30. The largest absolute Gasteiger partial charge is 0.508 e. The van der Waals surface area contributed by atoms with Gasteiger partial charge in [-0.05, 0) is 43.0 Å². The van der Waals surface area contributed by atoms with Crippen molar-refractivity contribution in [2.75, 3.05) is 25.1 Å². The van der Waals surface area contributed by atoms with Crippen LogP contribution >= 0.6 is 11.8 Å². The normalized spacial score (nSPS) is 21.4. The molecule has 1 aliphatic heterocycles. The highest BCUT2D eigenvalue weighted by molar-refractivity contribution is 7.99. The third kappa shape index (κ3) is 4.40. The zero-order chi connectivity index (χ0) is 13.9. The fourth-order valence-corrected chi connectivity index (χ4v) is 4.19. The molecule has 1 heterocycles. The Morgan fingerprint density at radius 1 is 1.37 bits per heavy atom. The molecule has 1 saturated heterocycles. The SMILES string of the molecule is CS(=O)(=O)N1CCCC(CSc2ccc(O)cc2)C1. The molecule has 1 aromatic carbocycles. The third-order valence-electron chi connectivity index (χ3n) is 3.27. The summed E-state index contributed by atoms with van der Waals surface area (Å²) in [5.74, 6) is 1.59. The summed E-state index contributed by atoms with van der Waals surface area (Å²) in [5.41, 5.74) is 0. The van der Waals surface area contributed by atoms with Gasteiger partial charge in [-0.1, -0.05) is 0 Å². The van der Waals surface area contributed by atoms with Crippen LogP contribution in [0.25, 0.3) is 0 Å². The first kappa shape index (κ1) is 14.7. The highest BCUT2D eigenvalue weighted by atomic mass is 32.2. The molecule has 1 atom stereocenters. The molecule has 0 bridgehead atoms. The van der Waals surface area contributed by atoms with Gasteiger partial charge in [0.2, 0.25) is 10.0 Å². The summed E-state index contributed by atoms with van der Waals surface area (Å²) < 4.78 is 24.7. The van der Waals surface area contributed by atoms with Gasteiger partial charge in [-0.25, -0.2) is 12.7 Å². The second kappa shape index (κ2) is 6.15. The summed E-state index contributed by atoms with van der Waals surface area (Å²) in [6, 6.07) is 7.12. The van der Waals surface area contributed by atoms with Crippen LogP contribution in [0, 0.1) is 5.92 Å². The molecule has 1 aromatic rings. The Kier molecular flexibility index (Phi) is 4.76. The Hall–Kier alpha value is -0.720. The van der Waals surface area contributed by atoms with Gasteiger partial charge in [-0.15, -0.1) is 11.8 Å². The van der Waals surface area contributed by atoms with E-state index in [1.165, 1.54) is 6.26 Å². The number of thioether (sulfide) groups is 1. The van der Waals surface area contributed by atoms with Gasteiger partial charge in [0.1, 0.15) is 5.75 Å². The van der Waals surface area contributed by atoms with Gasteiger partial charge in [0, 0.05) is 23.7 Å². The predicted molar refractivity (Wildman–Crippen MR) is 78.0 cm³/mol. The number of nitrogens with zero attached hydrogens (tertiary/aromatic N) is 1. The smallest absolute Gasteiger partial charge is 0.211 e. The van der Waals surface area contributed by atoms with Gasteiger partial charge in [-0.3, -0.25) is 0 Å². The van der Waals surface area contributed by atoms with Crippen LogP contribution in [-0.2, 0) is 10.0 Å². The molecule has 2 rings (SSSR count). The van der Waals surface area contributed by atoms with Crippen molar-refractivity contribution in [1.29, 1.82) is 0 Å². The maximum absolute atomic E-state index is 11.5. The fraction of sp³-hybridized carbons (Fsp3) is 0.538. The number of sulfonamides is 1. The highest BCUT2D eigenvalue weighted by Crippen LogP contribution is 2.27. The summed E-state index contributed by atoms with van der Waals surface area (Å²) in [5, 5.41) is 9.22. The van der Waals surface area contributed by atoms with Crippen molar-refractivity contribution in [2.45, 2.75) is 17.7 Å². The minimum Gasteiger partial charge on any atom is -0.508 e. The van der Waals surface area contributed by atoms with E-state index in [0.29, 0.717) is 19.0 Å². The van der Waals surface area contributed by atoms with E-state index >= 15 is 0 Å². The highest BCUT2D eigenvalue weighted by Gasteiger charge is 2.25. The summed E-state index contributed by atoms with van der Waals surface area (Å²) in [7, 11) is -3.06. The number of rotatable bonds is 4. The maximum Gasteiger partial charge on any atom is 0.211 e. The van der Waals surface area contributed by atoms with Crippen LogP contribution in [0.1, 0.15) is 12.8 Å². The minimum atomic E-state index is -3.06. The quantitative estimate of drug-likeness (QED) is 0.866. The van der Waals surface area contributed by atoms with E-state index in [2.05, 4.69) is 0 Å². The average molecular weight is 301 g/mol. The lowest BCUT2D eigenvalue weighted by Gasteiger charge is -2.30. The number of aromatic hydroxyl groups is 1. The zero-order valence-electron chi connectivity index (χ0n) is 10.9. The van der Waals surface area contributed by atoms with Crippen LogP contribution in [0.4, 0.5) is 0 Å². The average Bonchev–Trinajstić information content (AvgIpc) is 2.37. The van der Waals surface area contributed by atoms with Crippen molar-refractivity contribution in [3.8, 4) is 5.75 Å². The van der Waals surface area contributed by atoms with Crippen LogP contribution in [-0.4, -0.2) is 42.9 Å². The standard InChI is InChI=1S/C13H19NO3S2/c1-19(16,17)14-8-2-3-11(9-14)10-18-13-6-4-12(15)5-7-13/h4-7,11,15H,2-3,8-10H2,1H3. The molecule has 1 aliphatic rings. The van der Waals surface area contributed by atoms with Gasteiger partial charge in [0.15, 0.2) is 0 Å². The molecule has 106 valence electrons. The van der Waals surface area contributed by atoms with Gasteiger partial charge in [0.05, 0.1) is 6.26 Å². The first-order valence-electron chi connectivity index (χ1n) is 6.32. The van der Waals surface area contributed by atoms with Crippen LogP contribution in [0.5, 0.6) is 5.75 Å². The van der Waals surface area contributed by atoms with Crippen molar-refractivity contribution >= 4 is 21.8 Å². The Labute approximate surface area is 118 Å². The topological polar surface area (TPSA) is 57.6 Å². The van der Waals surface area contributed by atoms with Crippen molar-refractivity contribution in [2.24, 2.45) is 5.92 Å². The first-order chi connectivity index (χ1) is 8.95. The van der Waals surface area contributed by atoms with Crippen molar-refractivity contribution < 1.29 is 13.5 Å². The molecule has 4 nitrogen and oxygen atoms in total. The Morgan fingerprint density at radius 3 is 2.68 bits per heavy atom. The molecule has 0 amide bonds. The van der Waals surface area contributed by atoms with Crippen LogP contribution in [0.3, 0.4) is 0 Å². The van der Waals surface area contributed by atoms with E-state index in [1.807, 2.05) is 12.1 Å². The van der Waals surface area contributed by atoms with Crippen molar-refractivity contribution in [1.82, 2.24) is 4.31 Å². The lowest BCUT2D eigenvalue weighted by Crippen LogP contribution is -2.39. The molecule has 1 N–H and O–H groups in total. The second-order valence-corrected chi connectivity index (χ2v) is 8.01. The zero-order valence-corrected chi connectivity index (χ0v) is 12.6. The number of phenolic OH excluding ortho intramolecular Hbond substituents is 1. The van der Waals surface area contributed by atoms with Gasteiger partial charge in [-0.2, -0.15) is 0 Å². The summed E-state index contributed by atoms with van der Waals surface area (Å²) in [6.45, 7) is 1.28. The van der Waals surface area contributed by atoms with E-state index in [9.17, 15) is 13.5 Å².